The van der Waals surface area contributed by atoms with E-state index in [-0.39, 0.29) is 11.5 Å². The van der Waals surface area contributed by atoms with Crippen LogP contribution in [0.4, 0.5) is 5.69 Å². The summed E-state index contributed by atoms with van der Waals surface area (Å²) < 4.78 is 7.35. The summed E-state index contributed by atoms with van der Waals surface area (Å²) in [5.74, 6) is 0.178. The minimum Gasteiger partial charge on any atom is -0.488 e. The summed E-state index contributed by atoms with van der Waals surface area (Å²) in [6.07, 6.45) is 1.62. The van der Waals surface area contributed by atoms with Gasteiger partial charge in [-0.3, -0.25) is 9.59 Å². The number of carbonyl (C=O) groups excluding carboxylic acids is 1. The van der Waals surface area contributed by atoms with Crippen LogP contribution < -0.4 is 15.6 Å². The van der Waals surface area contributed by atoms with E-state index in [0.29, 0.717) is 35.2 Å². The molecule has 1 heterocycles. The molecule has 0 radical (unpaired) electrons. The van der Waals surface area contributed by atoms with E-state index in [4.69, 9.17) is 16.3 Å². The maximum Gasteiger partial charge on any atom is 0.259 e. The van der Waals surface area contributed by atoms with Gasteiger partial charge in [0.05, 0.1) is 11.3 Å². The maximum absolute atomic E-state index is 12.7. The highest BCUT2D eigenvalue weighted by Crippen LogP contribution is 2.21. The van der Waals surface area contributed by atoms with Crippen LogP contribution >= 0.6 is 11.6 Å². The van der Waals surface area contributed by atoms with Crippen LogP contribution in [-0.2, 0) is 13.2 Å². The Morgan fingerprint density at radius 2 is 1.81 bits per heavy atom. The van der Waals surface area contributed by atoms with Gasteiger partial charge in [0.25, 0.3) is 11.5 Å². The standard InChI is InChI=1S/C21H19ClN2O3/c1-2-24-13-17(11-12-20(24)25)23-21(26)18-5-3-4-6-19(18)27-14-15-7-9-16(22)10-8-15/h3-13H,2,14H2,1H3,(H,23,26). The zero-order valence-corrected chi connectivity index (χ0v) is 15.6. The molecule has 3 aromatic rings. The number of carbonyl (C=O) groups is 1. The molecule has 6 heteroatoms. The molecule has 0 spiro atoms. The lowest BCUT2D eigenvalue weighted by Gasteiger charge is -2.12. The summed E-state index contributed by atoms with van der Waals surface area (Å²) in [4.78, 5) is 24.4. The molecule has 138 valence electrons. The number of hydrogen-bond acceptors (Lipinski definition) is 3. The number of aryl methyl sites for hydroxylation is 1. The second kappa shape index (κ2) is 8.56. The molecular weight excluding hydrogens is 364 g/mol. The number of halogens is 1. The van der Waals surface area contributed by atoms with Crippen molar-refractivity contribution in [1.82, 2.24) is 4.57 Å². The number of amides is 1. The van der Waals surface area contributed by atoms with Gasteiger partial charge in [-0.15, -0.1) is 0 Å². The molecule has 0 aliphatic heterocycles. The van der Waals surface area contributed by atoms with Gasteiger partial charge in [-0.2, -0.15) is 0 Å². The number of hydrogen-bond donors (Lipinski definition) is 1. The van der Waals surface area contributed by atoms with Crippen molar-refractivity contribution in [3.05, 3.63) is 93.4 Å². The normalized spacial score (nSPS) is 10.4. The summed E-state index contributed by atoms with van der Waals surface area (Å²) in [7, 11) is 0. The maximum atomic E-state index is 12.7. The Morgan fingerprint density at radius 3 is 2.56 bits per heavy atom. The van der Waals surface area contributed by atoms with Crippen LogP contribution in [0.25, 0.3) is 0 Å². The number of aromatic nitrogens is 1. The molecule has 27 heavy (non-hydrogen) atoms. The molecular formula is C21H19ClN2O3. The van der Waals surface area contributed by atoms with E-state index >= 15 is 0 Å². The lowest BCUT2D eigenvalue weighted by atomic mass is 10.2. The first kappa shape index (κ1) is 18.7. The Balaban J connectivity index is 1.75. The van der Waals surface area contributed by atoms with E-state index < -0.39 is 0 Å². The molecule has 1 amide bonds. The summed E-state index contributed by atoms with van der Waals surface area (Å²) in [6, 6.07) is 17.4. The van der Waals surface area contributed by atoms with Gasteiger partial charge < -0.3 is 14.6 Å². The molecule has 0 bridgehead atoms. The monoisotopic (exact) mass is 382 g/mol. The molecule has 1 N–H and O–H groups in total. The average Bonchev–Trinajstić information content (AvgIpc) is 2.69. The van der Waals surface area contributed by atoms with Crippen molar-refractivity contribution in [2.75, 3.05) is 5.32 Å². The fourth-order valence-electron chi connectivity index (χ4n) is 2.57. The Labute approximate surface area is 162 Å². The van der Waals surface area contributed by atoms with E-state index in [1.165, 1.54) is 10.6 Å². The Morgan fingerprint density at radius 1 is 1.07 bits per heavy atom. The van der Waals surface area contributed by atoms with E-state index in [2.05, 4.69) is 5.32 Å². The van der Waals surface area contributed by atoms with Crippen molar-refractivity contribution in [2.45, 2.75) is 20.1 Å². The number of anilines is 1. The predicted octanol–water partition coefficient (Wildman–Crippen LogP) is 4.35. The summed E-state index contributed by atoms with van der Waals surface area (Å²) in [5.41, 5.74) is 1.81. The summed E-state index contributed by atoms with van der Waals surface area (Å²) in [5, 5.41) is 3.47. The number of nitrogens with one attached hydrogen (secondary N) is 1. The molecule has 0 aliphatic carbocycles. The molecule has 5 nitrogen and oxygen atoms in total. The molecule has 0 fully saturated rings. The van der Waals surface area contributed by atoms with E-state index in [0.717, 1.165) is 5.56 Å². The SMILES string of the molecule is CCn1cc(NC(=O)c2ccccc2OCc2ccc(Cl)cc2)ccc1=O. The third-order valence-electron chi connectivity index (χ3n) is 4.02. The smallest absolute Gasteiger partial charge is 0.259 e. The number of ether oxygens (including phenoxy) is 1. The second-order valence-electron chi connectivity index (χ2n) is 5.91. The molecule has 1 aromatic heterocycles. The quantitative estimate of drug-likeness (QED) is 0.689. The molecule has 0 unspecified atom stereocenters. The van der Waals surface area contributed by atoms with Crippen LogP contribution in [0.3, 0.4) is 0 Å². The van der Waals surface area contributed by atoms with E-state index in [1.807, 2.05) is 25.1 Å². The van der Waals surface area contributed by atoms with Crippen molar-refractivity contribution < 1.29 is 9.53 Å². The van der Waals surface area contributed by atoms with Crippen molar-refractivity contribution in [3.63, 3.8) is 0 Å². The van der Waals surface area contributed by atoms with Gasteiger partial charge in [0, 0.05) is 23.8 Å². The average molecular weight is 383 g/mol. The van der Waals surface area contributed by atoms with Crippen LogP contribution in [0.5, 0.6) is 5.75 Å². The second-order valence-corrected chi connectivity index (χ2v) is 6.34. The minimum atomic E-state index is -0.303. The van der Waals surface area contributed by atoms with Gasteiger partial charge in [0.15, 0.2) is 0 Å². The van der Waals surface area contributed by atoms with Gasteiger partial charge in [-0.05, 0) is 42.8 Å². The van der Waals surface area contributed by atoms with Crippen molar-refractivity contribution in [2.24, 2.45) is 0 Å². The lowest BCUT2D eigenvalue weighted by molar-refractivity contribution is 0.102. The zero-order chi connectivity index (χ0) is 19.2. The fraction of sp³-hybridized carbons (Fsp3) is 0.143. The van der Waals surface area contributed by atoms with Gasteiger partial charge in [-0.1, -0.05) is 35.9 Å². The molecule has 0 atom stereocenters. The van der Waals surface area contributed by atoms with Crippen molar-refractivity contribution >= 4 is 23.2 Å². The first-order valence-corrected chi connectivity index (χ1v) is 8.92. The molecule has 2 aromatic carbocycles. The highest BCUT2D eigenvalue weighted by molar-refractivity contribution is 6.30. The Kier molecular flexibility index (Phi) is 5.94. The number of nitrogens with zero attached hydrogens (tertiary/aromatic N) is 1. The lowest BCUT2D eigenvalue weighted by Crippen LogP contribution is -2.20. The third kappa shape index (κ3) is 4.77. The molecule has 3 rings (SSSR count). The van der Waals surface area contributed by atoms with Crippen LogP contribution in [0.15, 0.2) is 71.7 Å². The molecule has 0 saturated heterocycles. The molecule has 0 saturated carbocycles. The van der Waals surface area contributed by atoms with Crippen molar-refractivity contribution in [1.29, 1.82) is 0 Å². The van der Waals surface area contributed by atoms with Gasteiger partial charge in [0.2, 0.25) is 0 Å². The Bertz CT molecular complexity index is 997. The number of para-hydroxylation sites is 1. The molecule has 0 aliphatic rings. The summed E-state index contributed by atoms with van der Waals surface area (Å²) >= 11 is 5.89. The first-order chi connectivity index (χ1) is 13.1. The fourth-order valence-corrected chi connectivity index (χ4v) is 2.70. The van der Waals surface area contributed by atoms with Crippen molar-refractivity contribution in [3.8, 4) is 5.75 Å². The minimum absolute atomic E-state index is 0.109. The largest absolute Gasteiger partial charge is 0.488 e. The third-order valence-corrected chi connectivity index (χ3v) is 4.27. The van der Waals surface area contributed by atoms with E-state index in [1.54, 1.807) is 42.6 Å². The topological polar surface area (TPSA) is 60.3 Å². The van der Waals surface area contributed by atoms with Gasteiger partial charge in [-0.25, -0.2) is 0 Å². The van der Waals surface area contributed by atoms with Crippen LogP contribution in [0.2, 0.25) is 5.02 Å². The summed E-state index contributed by atoms with van der Waals surface area (Å²) in [6.45, 7) is 2.72. The predicted molar refractivity (Wildman–Crippen MR) is 107 cm³/mol. The highest BCUT2D eigenvalue weighted by Gasteiger charge is 2.13. The Hall–Kier alpha value is -3.05. The van der Waals surface area contributed by atoms with Crippen LogP contribution in [-0.4, -0.2) is 10.5 Å². The van der Waals surface area contributed by atoms with E-state index in [9.17, 15) is 9.59 Å². The van der Waals surface area contributed by atoms with Crippen LogP contribution in [0, 0.1) is 0 Å². The highest BCUT2D eigenvalue weighted by atomic mass is 35.5. The van der Waals surface area contributed by atoms with Gasteiger partial charge in [0.1, 0.15) is 12.4 Å². The number of rotatable bonds is 6. The number of pyridine rings is 1. The zero-order valence-electron chi connectivity index (χ0n) is 14.8. The first-order valence-electron chi connectivity index (χ1n) is 8.55. The van der Waals surface area contributed by atoms with Crippen LogP contribution in [0.1, 0.15) is 22.8 Å². The van der Waals surface area contributed by atoms with Gasteiger partial charge >= 0.3 is 0 Å². The number of benzene rings is 2.